The summed E-state index contributed by atoms with van der Waals surface area (Å²) < 4.78 is 33.1. The van der Waals surface area contributed by atoms with Gasteiger partial charge < -0.3 is 9.64 Å². The molecule has 1 aliphatic rings. The zero-order chi connectivity index (χ0) is 19.4. The molecule has 27 heavy (non-hydrogen) atoms. The number of piperidine rings is 1. The molecule has 0 spiro atoms. The van der Waals surface area contributed by atoms with Crippen LogP contribution in [-0.4, -0.2) is 39.4 Å². The molecule has 144 valence electrons. The Balaban J connectivity index is 1.82. The number of benzene rings is 2. The number of hydrogen-bond acceptors (Lipinski definition) is 4. The van der Waals surface area contributed by atoms with Gasteiger partial charge in [0.2, 0.25) is 0 Å². The van der Waals surface area contributed by atoms with Gasteiger partial charge in [0.1, 0.15) is 5.75 Å². The molecular formula is C20H24N2O4S. The van der Waals surface area contributed by atoms with Gasteiger partial charge in [0, 0.05) is 24.7 Å². The van der Waals surface area contributed by atoms with Crippen LogP contribution in [0.25, 0.3) is 0 Å². The highest BCUT2D eigenvalue weighted by molar-refractivity contribution is 7.92. The quantitative estimate of drug-likeness (QED) is 0.852. The number of hydrogen-bond donors (Lipinski definition) is 1. The number of likely N-dealkylation sites (tertiary alicyclic amines) is 1. The van der Waals surface area contributed by atoms with Crippen molar-refractivity contribution in [2.24, 2.45) is 5.92 Å². The molecule has 0 aromatic heterocycles. The first-order valence-corrected chi connectivity index (χ1v) is 10.4. The summed E-state index contributed by atoms with van der Waals surface area (Å²) in [6, 6.07) is 12.9. The number of nitrogens with one attached hydrogen (secondary N) is 1. The van der Waals surface area contributed by atoms with Gasteiger partial charge in [-0.3, -0.25) is 9.52 Å². The summed E-state index contributed by atoms with van der Waals surface area (Å²) in [5, 5.41) is 0. The minimum atomic E-state index is -3.81. The van der Waals surface area contributed by atoms with E-state index in [0.29, 0.717) is 36.0 Å². The average Bonchev–Trinajstić information content (AvgIpc) is 2.67. The zero-order valence-corrected chi connectivity index (χ0v) is 16.3. The summed E-state index contributed by atoms with van der Waals surface area (Å²) >= 11 is 0. The highest BCUT2D eigenvalue weighted by atomic mass is 32.2. The minimum absolute atomic E-state index is 0.0567. The first-order chi connectivity index (χ1) is 12.9. The van der Waals surface area contributed by atoms with Gasteiger partial charge in [-0.05, 0) is 49.1 Å². The predicted molar refractivity (Wildman–Crippen MR) is 105 cm³/mol. The second kappa shape index (κ2) is 8.00. The van der Waals surface area contributed by atoms with Crippen LogP contribution in [0.4, 0.5) is 5.69 Å². The smallest absolute Gasteiger partial charge is 0.261 e. The number of anilines is 1. The topological polar surface area (TPSA) is 75.7 Å². The Morgan fingerprint density at radius 2 is 1.96 bits per heavy atom. The largest absolute Gasteiger partial charge is 0.497 e. The third-order valence-electron chi connectivity index (χ3n) is 4.66. The van der Waals surface area contributed by atoms with Crippen molar-refractivity contribution in [2.45, 2.75) is 24.7 Å². The number of rotatable bonds is 5. The van der Waals surface area contributed by atoms with Crippen molar-refractivity contribution in [3.05, 3.63) is 54.1 Å². The molecule has 1 fully saturated rings. The molecule has 1 amide bonds. The van der Waals surface area contributed by atoms with E-state index >= 15 is 0 Å². The second-order valence-corrected chi connectivity index (χ2v) is 8.55. The maximum absolute atomic E-state index is 12.8. The van der Waals surface area contributed by atoms with Gasteiger partial charge in [-0.1, -0.05) is 19.1 Å². The van der Waals surface area contributed by atoms with E-state index < -0.39 is 10.0 Å². The van der Waals surface area contributed by atoms with Crippen LogP contribution in [0.5, 0.6) is 5.75 Å². The van der Waals surface area contributed by atoms with Crippen molar-refractivity contribution >= 4 is 21.6 Å². The van der Waals surface area contributed by atoms with Crippen molar-refractivity contribution in [3.8, 4) is 5.75 Å². The van der Waals surface area contributed by atoms with Crippen LogP contribution in [0.3, 0.4) is 0 Å². The molecule has 1 atom stereocenters. The van der Waals surface area contributed by atoms with Gasteiger partial charge in [0.25, 0.3) is 15.9 Å². The van der Waals surface area contributed by atoms with Crippen molar-refractivity contribution in [3.63, 3.8) is 0 Å². The van der Waals surface area contributed by atoms with Crippen molar-refractivity contribution < 1.29 is 17.9 Å². The van der Waals surface area contributed by atoms with Crippen LogP contribution in [0.1, 0.15) is 30.1 Å². The molecule has 1 saturated heterocycles. The summed E-state index contributed by atoms with van der Waals surface area (Å²) in [4.78, 5) is 14.6. The summed E-state index contributed by atoms with van der Waals surface area (Å²) in [6.45, 7) is 3.54. The number of amides is 1. The van der Waals surface area contributed by atoms with E-state index in [1.54, 1.807) is 41.3 Å². The minimum Gasteiger partial charge on any atom is -0.497 e. The molecule has 1 unspecified atom stereocenters. The Morgan fingerprint density at radius 1 is 1.19 bits per heavy atom. The second-order valence-electron chi connectivity index (χ2n) is 6.86. The molecule has 1 N–H and O–H groups in total. The Labute approximate surface area is 160 Å². The molecule has 0 radical (unpaired) electrons. The first-order valence-electron chi connectivity index (χ1n) is 8.95. The summed E-state index contributed by atoms with van der Waals surface area (Å²) in [5.74, 6) is 0.891. The highest BCUT2D eigenvalue weighted by Gasteiger charge is 2.23. The molecule has 2 aromatic rings. The van der Waals surface area contributed by atoms with E-state index in [2.05, 4.69) is 11.6 Å². The third kappa shape index (κ3) is 4.60. The summed E-state index contributed by atoms with van der Waals surface area (Å²) in [6.07, 6.45) is 2.09. The Morgan fingerprint density at radius 3 is 2.70 bits per heavy atom. The predicted octanol–water partition coefficient (Wildman–Crippen LogP) is 3.37. The number of carbonyl (C=O) groups is 1. The van der Waals surface area contributed by atoms with Gasteiger partial charge >= 0.3 is 0 Å². The van der Waals surface area contributed by atoms with E-state index in [9.17, 15) is 13.2 Å². The normalized spacial score (nSPS) is 17.4. The Bertz CT molecular complexity index is 927. The lowest BCUT2D eigenvalue weighted by Crippen LogP contribution is -2.39. The van der Waals surface area contributed by atoms with Gasteiger partial charge in [-0.15, -0.1) is 0 Å². The lowest BCUT2D eigenvalue weighted by atomic mass is 9.99. The maximum atomic E-state index is 12.8. The van der Waals surface area contributed by atoms with Crippen LogP contribution in [0.2, 0.25) is 0 Å². The molecule has 3 rings (SSSR count). The Hall–Kier alpha value is -2.54. The fraction of sp³-hybridized carbons (Fsp3) is 0.350. The van der Waals surface area contributed by atoms with Gasteiger partial charge in [-0.25, -0.2) is 8.42 Å². The molecule has 0 bridgehead atoms. The van der Waals surface area contributed by atoms with E-state index in [1.807, 2.05) is 0 Å². The molecule has 2 aromatic carbocycles. The van der Waals surface area contributed by atoms with Gasteiger partial charge in [0.15, 0.2) is 0 Å². The number of ether oxygens (including phenoxy) is 1. The zero-order valence-electron chi connectivity index (χ0n) is 15.5. The molecule has 0 aliphatic carbocycles. The van der Waals surface area contributed by atoms with Crippen molar-refractivity contribution in [1.82, 2.24) is 4.90 Å². The number of methoxy groups -OCH3 is 1. The van der Waals surface area contributed by atoms with Crippen LogP contribution < -0.4 is 9.46 Å². The SMILES string of the molecule is COc1cccc(NS(=O)(=O)c2cccc(C(=O)N3CCCC(C)C3)c2)c1. The lowest BCUT2D eigenvalue weighted by molar-refractivity contribution is 0.0683. The summed E-state index contributed by atoms with van der Waals surface area (Å²) in [7, 11) is -2.29. The van der Waals surface area contributed by atoms with Crippen LogP contribution in [-0.2, 0) is 10.0 Å². The third-order valence-corrected chi connectivity index (χ3v) is 6.04. The monoisotopic (exact) mass is 388 g/mol. The molecule has 7 heteroatoms. The molecule has 6 nitrogen and oxygen atoms in total. The van der Waals surface area contributed by atoms with Crippen LogP contribution in [0, 0.1) is 5.92 Å². The number of carbonyl (C=O) groups excluding carboxylic acids is 1. The van der Waals surface area contributed by atoms with E-state index in [0.717, 1.165) is 12.8 Å². The van der Waals surface area contributed by atoms with E-state index in [4.69, 9.17) is 4.74 Å². The highest BCUT2D eigenvalue weighted by Crippen LogP contribution is 2.23. The van der Waals surface area contributed by atoms with E-state index in [-0.39, 0.29) is 10.8 Å². The summed E-state index contributed by atoms with van der Waals surface area (Å²) in [5.41, 5.74) is 0.786. The fourth-order valence-electron chi connectivity index (χ4n) is 3.25. The van der Waals surface area contributed by atoms with Crippen molar-refractivity contribution in [2.75, 3.05) is 24.9 Å². The molecule has 1 heterocycles. The van der Waals surface area contributed by atoms with Crippen LogP contribution in [0.15, 0.2) is 53.4 Å². The lowest BCUT2D eigenvalue weighted by Gasteiger charge is -2.31. The first kappa shape index (κ1) is 19.2. The fourth-order valence-corrected chi connectivity index (χ4v) is 4.35. The van der Waals surface area contributed by atoms with Crippen LogP contribution >= 0.6 is 0 Å². The van der Waals surface area contributed by atoms with Crippen molar-refractivity contribution in [1.29, 1.82) is 0 Å². The number of nitrogens with zero attached hydrogens (tertiary/aromatic N) is 1. The Kier molecular flexibility index (Phi) is 5.70. The maximum Gasteiger partial charge on any atom is 0.261 e. The van der Waals surface area contributed by atoms with Gasteiger partial charge in [-0.2, -0.15) is 0 Å². The standard InChI is InChI=1S/C20H24N2O4S/c1-15-6-5-11-22(14-15)20(23)16-7-3-10-19(12-16)27(24,25)21-17-8-4-9-18(13-17)26-2/h3-4,7-10,12-13,15,21H,5-6,11,14H2,1-2H3. The molecule has 0 saturated carbocycles. The van der Waals surface area contributed by atoms with Gasteiger partial charge in [0.05, 0.1) is 17.7 Å². The number of sulfonamides is 1. The van der Waals surface area contributed by atoms with E-state index in [1.165, 1.54) is 19.2 Å². The molecular weight excluding hydrogens is 364 g/mol. The average molecular weight is 388 g/mol. The molecule has 1 aliphatic heterocycles.